The molecule has 1 saturated heterocycles. The molecular weight excluding hydrogens is 288 g/mol. The molecule has 3 rings (SSSR count). The summed E-state index contributed by atoms with van der Waals surface area (Å²) in [5, 5.41) is 0. The van der Waals surface area contributed by atoms with E-state index in [4.69, 9.17) is 0 Å². The van der Waals surface area contributed by atoms with Crippen LogP contribution in [0.5, 0.6) is 0 Å². The van der Waals surface area contributed by atoms with Crippen LogP contribution >= 0.6 is 0 Å². The molecule has 1 aliphatic heterocycles. The van der Waals surface area contributed by atoms with Crippen molar-refractivity contribution in [2.45, 2.75) is 25.3 Å². The van der Waals surface area contributed by atoms with Crippen molar-refractivity contribution < 1.29 is 13.2 Å². The predicted molar refractivity (Wildman–Crippen MR) is 80.2 cm³/mol. The number of nitrogens with zero attached hydrogens (tertiary/aromatic N) is 2. The van der Waals surface area contributed by atoms with Gasteiger partial charge in [0.15, 0.2) is 0 Å². The van der Waals surface area contributed by atoms with Crippen molar-refractivity contribution in [3.8, 4) is 0 Å². The Morgan fingerprint density at radius 2 is 1.81 bits per heavy atom. The monoisotopic (exact) mass is 308 g/mol. The minimum atomic E-state index is -3.36. The van der Waals surface area contributed by atoms with Crippen LogP contribution in [0.15, 0.2) is 30.3 Å². The van der Waals surface area contributed by atoms with E-state index in [9.17, 15) is 13.2 Å². The number of hydrogen-bond acceptors (Lipinski definition) is 3. The highest BCUT2D eigenvalue weighted by Gasteiger charge is 2.38. The lowest BCUT2D eigenvalue weighted by Crippen LogP contribution is -2.53. The molecule has 1 amide bonds. The van der Waals surface area contributed by atoms with Crippen LogP contribution in [0, 0.1) is 0 Å². The standard InChI is InChI=1S/C15H20N2O3S/c18-15-12-16(9-10-17(15)14-6-7-14)21(19,20)11-8-13-4-2-1-3-5-13/h1-5,14H,6-12H2. The van der Waals surface area contributed by atoms with Crippen LogP contribution in [0.2, 0.25) is 0 Å². The van der Waals surface area contributed by atoms with Gasteiger partial charge in [-0.05, 0) is 24.8 Å². The highest BCUT2D eigenvalue weighted by atomic mass is 32.2. The van der Waals surface area contributed by atoms with Gasteiger partial charge in [-0.2, -0.15) is 4.31 Å². The van der Waals surface area contributed by atoms with Crippen molar-refractivity contribution in [2.75, 3.05) is 25.4 Å². The maximum atomic E-state index is 12.4. The minimum absolute atomic E-state index is 0.00756. The first-order valence-corrected chi connectivity index (χ1v) is 8.98. The number of benzene rings is 1. The number of piperazine rings is 1. The number of carbonyl (C=O) groups excluding carboxylic acids is 1. The fourth-order valence-electron chi connectivity index (χ4n) is 2.70. The molecule has 0 aromatic heterocycles. The molecule has 6 heteroatoms. The lowest BCUT2D eigenvalue weighted by atomic mass is 10.2. The molecule has 1 heterocycles. The highest BCUT2D eigenvalue weighted by molar-refractivity contribution is 7.89. The van der Waals surface area contributed by atoms with E-state index in [1.807, 2.05) is 35.2 Å². The summed E-state index contributed by atoms with van der Waals surface area (Å²) in [5.74, 6) is 0.0142. The van der Waals surface area contributed by atoms with E-state index in [0.717, 1.165) is 18.4 Å². The number of hydrogen-bond donors (Lipinski definition) is 0. The molecule has 1 aromatic carbocycles. The molecule has 21 heavy (non-hydrogen) atoms. The smallest absolute Gasteiger partial charge is 0.238 e. The lowest BCUT2D eigenvalue weighted by Gasteiger charge is -2.33. The molecule has 2 fully saturated rings. The van der Waals surface area contributed by atoms with Crippen molar-refractivity contribution in [2.24, 2.45) is 0 Å². The van der Waals surface area contributed by atoms with Crippen LogP contribution in [0.3, 0.4) is 0 Å². The van der Waals surface area contributed by atoms with E-state index in [0.29, 0.717) is 25.6 Å². The van der Waals surface area contributed by atoms with Gasteiger partial charge in [-0.1, -0.05) is 30.3 Å². The quantitative estimate of drug-likeness (QED) is 0.811. The third-order valence-corrected chi connectivity index (χ3v) is 5.91. The lowest BCUT2D eigenvalue weighted by molar-refractivity contribution is -0.134. The third-order valence-electron chi connectivity index (χ3n) is 4.09. The Morgan fingerprint density at radius 3 is 2.43 bits per heavy atom. The summed E-state index contributed by atoms with van der Waals surface area (Å²) in [6.45, 7) is 0.973. The topological polar surface area (TPSA) is 57.7 Å². The van der Waals surface area contributed by atoms with E-state index < -0.39 is 10.0 Å². The zero-order chi connectivity index (χ0) is 14.9. The van der Waals surface area contributed by atoms with E-state index in [2.05, 4.69) is 0 Å². The molecule has 114 valence electrons. The Labute approximate surface area is 125 Å². The molecule has 1 aromatic rings. The van der Waals surface area contributed by atoms with Crippen molar-refractivity contribution in [1.82, 2.24) is 9.21 Å². The van der Waals surface area contributed by atoms with Crippen molar-refractivity contribution in [1.29, 1.82) is 0 Å². The zero-order valence-electron chi connectivity index (χ0n) is 11.9. The Bertz CT molecular complexity index is 611. The average molecular weight is 308 g/mol. The van der Waals surface area contributed by atoms with E-state index >= 15 is 0 Å². The van der Waals surface area contributed by atoms with Gasteiger partial charge in [-0.25, -0.2) is 8.42 Å². The average Bonchev–Trinajstić information content (AvgIpc) is 3.31. The second kappa shape index (κ2) is 5.77. The van der Waals surface area contributed by atoms with Crippen molar-refractivity contribution in [3.63, 3.8) is 0 Å². The Kier molecular flexibility index (Phi) is 3.99. The Hall–Kier alpha value is -1.40. The van der Waals surface area contributed by atoms with Gasteiger partial charge in [0.1, 0.15) is 0 Å². The van der Waals surface area contributed by atoms with Crippen LogP contribution in [0.1, 0.15) is 18.4 Å². The van der Waals surface area contributed by atoms with Crippen molar-refractivity contribution >= 4 is 15.9 Å². The molecule has 0 atom stereocenters. The van der Waals surface area contributed by atoms with E-state index in [1.165, 1.54) is 4.31 Å². The molecule has 0 spiro atoms. The molecule has 0 unspecified atom stereocenters. The van der Waals surface area contributed by atoms with Crippen LogP contribution < -0.4 is 0 Å². The first kappa shape index (κ1) is 14.5. The van der Waals surface area contributed by atoms with Gasteiger partial charge in [-0.3, -0.25) is 4.79 Å². The van der Waals surface area contributed by atoms with Crippen molar-refractivity contribution in [3.05, 3.63) is 35.9 Å². The van der Waals surface area contributed by atoms with Gasteiger partial charge in [0.05, 0.1) is 12.3 Å². The number of carbonyl (C=O) groups is 1. The highest BCUT2D eigenvalue weighted by Crippen LogP contribution is 2.28. The minimum Gasteiger partial charge on any atom is -0.337 e. The van der Waals surface area contributed by atoms with Gasteiger partial charge < -0.3 is 4.90 Å². The Balaban J connectivity index is 1.59. The second-order valence-corrected chi connectivity index (χ2v) is 7.79. The molecular formula is C15H20N2O3S. The normalized spacial score (nSPS) is 20.8. The SMILES string of the molecule is O=C1CN(S(=O)(=O)CCc2ccccc2)CCN1C1CC1. The molecule has 0 bridgehead atoms. The van der Waals surface area contributed by atoms with Gasteiger partial charge in [0.25, 0.3) is 0 Å². The number of aryl methyl sites for hydroxylation is 1. The summed E-state index contributed by atoms with van der Waals surface area (Å²) in [4.78, 5) is 13.9. The van der Waals surface area contributed by atoms with Crippen LogP contribution in [-0.4, -0.2) is 55.0 Å². The number of sulfonamides is 1. The molecule has 0 N–H and O–H groups in total. The summed E-state index contributed by atoms with van der Waals surface area (Å²) < 4.78 is 26.0. The Morgan fingerprint density at radius 1 is 1.10 bits per heavy atom. The van der Waals surface area contributed by atoms with Gasteiger partial charge >= 0.3 is 0 Å². The van der Waals surface area contributed by atoms with Gasteiger partial charge in [-0.15, -0.1) is 0 Å². The first-order valence-electron chi connectivity index (χ1n) is 7.37. The first-order chi connectivity index (χ1) is 10.1. The summed E-state index contributed by atoms with van der Waals surface area (Å²) in [5.41, 5.74) is 1.00. The molecule has 5 nitrogen and oxygen atoms in total. The van der Waals surface area contributed by atoms with Crippen LogP contribution in [0.25, 0.3) is 0 Å². The number of rotatable bonds is 5. The second-order valence-electron chi connectivity index (χ2n) is 5.70. The molecule has 1 aliphatic carbocycles. The summed E-state index contributed by atoms with van der Waals surface area (Å²) in [6, 6.07) is 9.93. The van der Waals surface area contributed by atoms with Gasteiger partial charge in [0, 0.05) is 19.1 Å². The fourth-order valence-corrected chi connectivity index (χ4v) is 4.11. The largest absolute Gasteiger partial charge is 0.337 e. The van der Waals surface area contributed by atoms with Gasteiger partial charge in [0.2, 0.25) is 15.9 Å². The molecule has 2 aliphatic rings. The summed E-state index contributed by atoms with van der Waals surface area (Å²) in [7, 11) is -3.36. The molecule has 0 radical (unpaired) electrons. The summed E-state index contributed by atoms with van der Waals surface area (Å²) >= 11 is 0. The molecule has 1 saturated carbocycles. The van der Waals surface area contributed by atoms with Crippen LogP contribution in [0.4, 0.5) is 0 Å². The third kappa shape index (κ3) is 3.44. The fraction of sp³-hybridized carbons (Fsp3) is 0.533. The van der Waals surface area contributed by atoms with Crippen LogP contribution in [-0.2, 0) is 21.2 Å². The van der Waals surface area contributed by atoms with E-state index in [1.54, 1.807) is 0 Å². The maximum absolute atomic E-state index is 12.4. The number of amides is 1. The predicted octanol–water partition coefficient (Wildman–Crippen LogP) is 0.865. The zero-order valence-corrected chi connectivity index (χ0v) is 12.8. The summed E-state index contributed by atoms with van der Waals surface area (Å²) in [6.07, 6.45) is 2.61. The maximum Gasteiger partial charge on any atom is 0.238 e. The van der Waals surface area contributed by atoms with E-state index in [-0.39, 0.29) is 18.2 Å².